The highest BCUT2D eigenvalue weighted by molar-refractivity contribution is 6.33. The molecule has 2 aromatic rings. The van der Waals surface area contributed by atoms with Gasteiger partial charge in [0.1, 0.15) is 12.1 Å². The van der Waals surface area contributed by atoms with Crippen LogP contribution in [0.2, 0.25) is 5.02 Å². The zero-order valence-electron chi connectivity index (χ0n) is 11.4. The number of aryl methyl sites for hydroxylation is 1. The SMILES string of the molecule is C[n+]1ccc(C(=O)NCc2ccc3c(c2)OCO3)c(Cl)c1. The molecule has 108 valence electrons. The first-order valence-corrected chi connectivity index (χ1v) is 6.83. The van der Waals surface area contributed by atoms with Crippen LogP contribution in [-0.2, 0) is 13.6 Å². The monoisotopic (exact) mass is 305 g/mol. The second-order valence-electron chi connectivity index (χ2n) is 4.74. The highest BCUT2D eigenvalue weighted by Gasteiger charge is 2.15. The van der Waals surface area contributed by atoms with Crippen LogP contribution in [0.15, 0.2) is 36.7 Å². The van der Waals surface area contributed by atoms with Crippen LogP contribution in [0.3, 0.4) is 0 Å². The number of pyridine rings is 1. The van der Waals surface area contributed by atoms with E-state index in [1.54, 1.807) is 23.0 Å². The van der Waals surface area contributed by atoms with Crippen LogP contribution in [-0.4, -0.2) is 12.7 Å². The fraction of sp³-hybridized carbons (Fsp3) is 0.200. The first kappa shape index (κ1) is 13.7. The topological polar surface area (TPSA) is 51.4 Å². The number of hydrogen-bond acceptors (Lipinski definition) is 3. The molecule has 0 saturated carbocycles. The Balaban J connectivity index is 1.68. The van der Waals surface area contributed by atoms with Gasteiger partial charge in [0.05, 0.1) is 5.56 Å². The minimum absolute atomic E-state index is 0.210. The largest absolute Gasteiger partial charge is 0.454 e. The quantitative estimate of drug-likeness (QED) is 0.880. The molecule has 1 aliphatic rings. The zero-order valence-corrected chi connectivity index (χ0v) is 12.2. The summed E-state index contributed by atoms with van der Waals surface area (Å²) in [6.07, 6.45) is 3.47. The number of amides is 1. The van der Waals surface area contributed by atoms with Crippen molar-refractivity contribution < 1.29 is 18.8 Å². The number of ether oxygens (including phenoxy) is 2. The lowest BCUT2D eigenvalue weighted by atomic mass is 10.2. The molecule has 0 bridgehead atoms. The number of nitrogens with one attached hydrogen (secondary N) is 1. The molecule has 0 atom stereocenters. The van der Waals surface area contributed by atoms with E-state index in [9.17, 15) is 4.79 Å². The molecule has 1 N–H and O–H groups in total. The molecule has 0 unspecified atom stereocenters. The molecule has 5 nitrogen and oxygen atoms in total. The van der Waals surface area contributed by atoms with E-state index in [4.69, 9.17) is 21.1 Å². The summed E-state index contributed by atoms with van der Waals surface area (Å²) in [7, 11) is 1.85. The van der Waals surface area contributed by atoms with E-state index in [0.717, 1.165) is 11.3 Å². The fourth-order valence-corrected chi connectivity index (χ4v) is 2.38. The van der Waals surface area contributed by atoms with E-state index < -0.39 is 0 Å². The van der Waals surface area contributed by atoms with E-state index in [2.05, 4.69) is 5.32 Å². The first-order valence-electron chi connectivity index (χ1n) is 6.45. The van der Waals surface area contributed by atoms with Gasteiger partial charge in [0.15, 0.2) is 23.9 Å². The normalized spacial score (nSPS) is 12.3. The average Bonchev–Trinajstić information content (AvgIpc) is 2.92. The molecule has 0 radical (unpaired) electrons. The van der Waals surface area contributed by atoms with Gasteiger partial charge in [-0.3, -0.25) is 4.79 Å². The summed E-state index contributed by atoms with van der Waals surface area (Å²) in [4.78, 5) is 12.1. The third-order valence-electron chi connectivity index (χ3n) is 3.19. The molecule has 2 heterocycles. The van der Waals surface area contributed by atoms with Crippen molar-refractivity contribution >= 4 is 17.5 Å². The summed E-state index contributed by atoms with van der Waals surface area (Å²) in [5.41, 5.74) is 1.39. The minimum atomic E-state index is -0.210. The first-order chi connectivity index (χ1) is 10.1. The Kier molecular flexibility index (Phi) is 3.66. The van der Waals surface area contributed by atoms with Crippen molar-refractivity contribution in [2.24, 2.45) is 7.05 Å². The van der Waals surface area contributed by atoms with Crippen molar-refractivity contribution in [1.29, 1.82) is 0 Å². The Morgan fingerprint density at radius 2 is 2.14 bits per heavy atom. The van der Waals surface area contributed by atoms with Gasteiger partial charge in [-0.15, -0.1) is 0 Å². The molecule has 1 aromatic carbocycles. The number of carbonyl (C=O) groups excluding carboxylic acids is 1. The number of halogens is 1. The predicted molar refractivity (Wildman–Crippen MR) is 76.4 cm³/mol. The highest BCUT2D eigenvalue weighted by atomic mass is 35.5. The lowest BCUT2D eigenvalue weighted by molar-refractivity contribution is -0.671. The van der Waals surface area contributed by atoms with Crippen LogP contribution in [0, 0.1) is 0 Å². The Labute approximate surface area is 127 Å². The number of carbonyl (C=O) groups is 1. The van der Waals surface area contributed by atoms with Crippen molar-refractivity contribution in [3.8, 4) is 11.5 Å². The Hall–Kier alpha value is -2.27. The van der Waals surface area contributed by atoms with Crippen LogP contribution in [0.1, 0.15) is 15.9 Å². The van der Waals surface area contributed by atoms with Crippen molar-refractivity contribution in [2.45, 2.75) is 6.54 Å². The van der Waals surface area contributed by atoms with Crippen LogP contribution >= 0.6 is 11.6 Å². The van der Waals surface area contributed by atoms with E-state index in [1.165, 1.54) is 0 Å². The molecule has 0 saturated heterocycles. The number of nitrogens with zero attached hydrogens (tertiary/aromatic N) is 1. The minimum Gasteiger partial charge on any atom is -0.454 e. The van der Waals surface area contributed by atoms with Crippen molar-refractivity contribution in [2.75, 3.05) is 6.79 Å². The van der Waals surface area contributed by atoms with E-state index in [1.807, 2.05) is 25.2 Å². The highest BCUT2D eigenvalue weighted by Crippen LogP contribution is 2.32. The number of rotatable bonds is 3. The van der Waals surface area contributed by atoms with Crippen LogP contribution < -0.4 is 19.4 Å². The number of hydrogen-bond donors (Lipinski definition) is 1. The zero-order chi connectivity index (χ0) is 14.8. The third kappa shape index (κ3) is 2.92. The number of benzene rings is 1. The van der Waals surface area contributed by atoms with E-state index in [0.29, 0.717) is 22.9 Å². The maximum absolute atomic E-state index is 12.1. The Bertz CT molecular complexity index is 703. The molecule has 0 fully saturated rings. The second-order valence-corrected chi connectivity index (χ2v) is 5.15. The van der Waals surface area contributed by atoms with Crippen molar-refractivity contribution in [3.63, 3.8) is 0 Å². The molecule has 21 heavy (non-hydrogen) atoms. The van der Waals surface area contributed by atoms with Gasteiger partial charge in [-0.25, -0.2) is 4.57 Å². The molecule has 0 spiro atoms. The van der Waals surface area contributed by atoms with Gasteiger partial charge in [0.2, 0.25) is 6.79 Å². The molecule has 1 aromatic heterocycles. The van der Waals surface area contributed by atoms with Crippen molar-refractivity contribution in [3.05, 3.63) is 52.8 Å². The third-order valence-corrected chi connectivity index (χ3v) is 3.49. The smallest absolute Gasteiger partial charge is 0.253 e. The lowest BCUT2D eigenvalue weighted by Gasteiger charge is -2.07. The molecule has 6 heteroatoms. The van der Waals surface area contributed by atoms with E-state index >= 15 is 0 Å². The summed E-state index contributed by atoms with van der Waals surface area (Å²) in [6.45, 7) is 0.634. The molecular formula is C15H14ClN2O3+. The average molecular weight is 306 g/mol. The van der Waals surface area contributed by atoms with Gasteiger partial charge in [0.25, 0.3) is 5.91 Å². The lowest BCUT2D eigenvalue weighted by Crippen LogP contribution is -2.29. The fourth-order valence-electron chi connectivity index (χ4n) is 2.08. The molecule has 1 aliphatic heterocycles. The van der Waals surface area contributed by atoms with Crippen LogP contribution in [0.4, 0.5) is 0 Å². The maximum atomic E-state index is 12.1. The molecule has 0 aliphatic carbocycles. The summed E-state index contributed by atoms with van der Waals surface area (Å²) in [6, 6.07) is 7.27. The standard InChI is InChI=1S/C15H13ClN2O3/c1-18-5-4-11(12(16)8-18)15(19)17-7-10-2-3-13-14(6-10)21-9-20-13/h2-6,8H,7,9H2,1H3/p+1. The van der Waals surface area contributed by atoms with Gasteiger partial charge >= 0.3 is 0 Å². The summed E-state index contributed by atoms with van der Waals surface area (Å²) >= 11 is 6.06. The van der Waals surface area contributed by atoms with Crippen LogP contribution in [0.25, 0.3) is 0 Å². The summed E-state index contributed by atoms with van der Waals surface area (Å²) < 4.78 is 12.3. The molecule has 1 amide bonds. The Morgan fingerprint density at radius 1 is 1.33 bits per heavy atom. The van der Waals surface area contributed by atoms with Gasteiger partial charge in [-0.05, 0) is 17.7 Å². The van der Waals surface area contributed by atoms with Gasteiger partial charge in [-0.2, -0.15) is 0 Å². The van der Waals surface area contributed by atoms with Crippen molar-refractivity contribution in [1.82, 2.24) is 5.32 Å². The predicted octanol–water partition coefficient (Wildman–Crippen LogP) is 1.82. The summed E-state index contributed by atoms with van der Waals surface area (Å²) in [5.74, 6) is 1.22. The van der Waals surface area contributed by atoms with E-state index in [-0.39, 0.29) is 12.7 Å². The van der Waals surface area contributed by atoms with Gasteiger partial charge < -0.3 is 14.8 Å². The second kappa shape index (κ2) is 5.61. The van der Waals surface area contributed by atoms with Gasteiger partial charge in [-0.1, -0.05) is 17.7 Å². The summed E-state index contributed by atoms with van der Waals surface area (Å²) in [5, 5.41) is 3.26. The Morgan fingerprint density at radius 3 is 2.95 bits per heavy atom. The molecular weight excluding hydrogens is 292 g/mol. The number of fused-ring (bicyclic) bond motifs is 1. The van der Waals surface area contributed by atoms with Gasteiger partial charge in [0, 0.05) is 12.6 Å². The van der Waals surface area contributed by atoms with Crippen LogP contribution in [0.5, 0.6) is 11.5 Å². The maximum Gasteiger partial charge on any atom is 0.253 e. The number of aromatic nitrogens is 1. The molecule has 3 rings (SSSR count).